The molecule has 2 saturated heterocycles. The summed E-state index contributed by atoms with van der Waals surface area (Å²) in [5, 5.41) is 8.94. The summed E-state index contributed by atoms with van der Waals surface area (Å²) < 4.78 is 24.6. The number of nitrogens with zero attached hydrogens (tertiary/aromatic N) is 8. The zero-order valence-corrected chi connectivity index (χ0v) is 17.7. The summed E-state index contributed by atoms with van der Waals surface area (Å²) in [5.41, 5.74) is 24.4. The fourth-order valence-electron chi connectivity index (χ4n) is 3.47. The third kappa shape index (κ3) is 3.97. The predicted molar refractivity (Wildman–Crippen MR) is 116 cm³/mol. The van der Waals surface area contributed by atoms with Crippen molar-refractivity contribution in [2.75, 3.05) is 49.4 Å². The summed E-state index contributed by atoms with van der Waals surface area (Å²) in [6.07, 6.45) is 1.51. The molecule has 0 aliphatic carbocycles. The maximum Gasteiger partial charge on any atom is 0.246 e. The molecule has 2 aliphatic heterocycles. The van der Waals surface area contributed by atoms with Crippen LogP contribution in [0.2, 0.25) is 0 Å². The Bertz CT molecular complexity index is 1320. The minimum Gasteiger partial charge on any atom is -0.391 e. The number of imidazole rings is 2. The molecular weight excluding hydrogens is 452 g/mol. The Morgan fingerprint density at radius 3 is 1.94 bits per heavy atom. The van der Waals surface area contributed by atoms with Crippen LogP contribution >= 0.6 is 0 Å². The third-order valence-corrected chi connectivity index (χ3v) is 4.96. The molecule has 4 aromatic heterocycles. The van der Waals surface area contributed by atoms with E-state index in [-0.39, 0.29) is 30.1 Å². The number of aliphatic hydroxyl groups is 1. The first-order valence-electron chi connectivity index (χ1n) is 10.1. The molecule has 9 N–H and O–H groups in total. The monoisotopic (exact) mass is 474 g/mol. The highest BCUT2D eigenvalue weighted by Crippen LogP contribution is 2.26. The van der Waals surface area contributed by atoms with E-state index in [2.05, 4.69) is 29.9 Å². The second kappa shape index (κ2) is 8.80. The number of hydrogen-bond acceptors (Lipinski definition) is 15. The Labute approximate surface area is 190 Å². The Hall–Kier alpha value is -3.90. The molecule has 6 rings (SSSR count). The Morgan fingerprint density at radius 2 is 1.38 bits per heavy atom. The van der Waals surface area contributed by atoms with Crippen molar-refractivity contribution in [1.29, 1.82) is 0 Å². The van der Waals surface area contributed by atoms with Gasteiger partial charge in [-0.15, -0.1) is 0 Å². The number of ether oxygens (including phenoxy) is 4. The maximum absolute atomic E-state index is 8.94. The highest BCUT2D eigenvalue weighted by atomic mass is 16.7. The number of hydrogen-bond donors (Lipinski definition) is 5. The molecule has 0 saturated carbocycles. The van der Waals surface area contributed by atoms with Gasteiger partial charge < -0.3 is 47.0 Å². The summed E-state index contributed by atoms with van der Waals surface area (Å²) in [4.78, 5) is 24.0. The molecule has 17 nitrogen and oxygen atoms in total. The minimum atomic E-state index is -0.635. The molecule has 0 radical (unpaired) electrons. The fraction of sp³-hybridized carbons (Fsp3) is 0.412. The normalized spacial score (nSPS) is 20.7. The number of aromatic nitrogens is 8. The van der Waals surface area contributed by atoms with Crippen LogP contribution in [0.1, 0.15) is 12.6 Å². The van der Waals surface area contributed by atoms with Gasteiger partial charge in [0.1, 0.15) is 11.8 Å². The van der Waals surface area contributed by atoms with Gasteiger partial charge >= 0.3 is 0 Å². The standard InChI is InChI=1S/C9H12N6O3.C8H10N6O2/c10-7-6-8(14-9(11)13-7)15(3-12-6)4-2-17-5(1-16)18-4;9-5-4-6(13-7(10)12-5)14(3-11-4)8-15-1-2-16-8/h3-5,16H,1-2H2,(H4,10,11,13,14);3,8H,1-2H2,(H4,9,10,12,13)/t4-,5-;/m1./s1. The van der Waals surface area contributed by atoms with Gasteiger partial charge in [0.2, 0.25) is 18.3 Å². The molecule has 6 heterocycles. The highest BCUT2D eigenvalue weighted by Gasteiger charge is 2.28. The second-order valence-corrected chi connectivity index (χ2v) is 7.17. The molecule has 0 amide bonds. The Kier molecular flexibility index (Phi) is 5.67. The van der Waals surface area contributed by atoms with Gasteiger partial charge in [0.15, 0.2) is 41.0 Å². The van der Waals surface area contributed by atoms with Crippen molar-refractivity contribution in [3.05, 3.63) is 12.7 Å². The number of rotatable bonds is 3. The van der Waals surface area contributed by atoms with Crippen LogP contribution in [-0.4, -0.2) is 76.9 Å². The van der Waals surface area contributed by atoms with Crippen LogP contribution in [0.25, 0.3) is 22.3 Å². The van der Waals surface area contributed by atoms with Gasteiger partial charge in [0.05, 0.1) is 32.8 Å². The molecule has 2 aliphatic rings. The number of nitrogens with two attached hydrogens (primary N) is 4. The second-order valence-electron chi connectivity index (χ2n) is 7.17. The van der Waals surface area contributed by atoms with Crippen LogP contribution in [-0.2, 0) is 18.9 Å². The molecular formula is C17H22N12O5. The van der Waals surface area contributed by atoms with E-state index in [1.807, 2.05) is 0 Å². The van der Waals surface area contributed by atoms with Crippen molar-refractivity contribution < 1.29 is 24.1 Å². The maximum atomic E-state index is 8.94. The fourth-order valence-corrected chi connectivity index (χ4v) is 3.47. The third-order valence-electron chi connectivity index (χ3n) is 4.96. The molecule has 0 unspecified atom stereocenters. The summed E-state index contributed by atoms with van der Waals surface area (Å²) in [5.74, 6) is 0.636. The topological polar surface area (TPSA) is 248 Å². The lowest BCUT2D eigenvalue weighted by molar-refractivity contribution is -0.0985. The Morgan fingerprint density at radius 1 is 0.824 bits per heavy atom. The van der Waals surface area contributed by atoms with E-state index in [1.54, 1.807) is 15.5 Å². The number of aliphatic hydroxyl groups excluding tert-OH is 1. The molecule has 0 spiro atoms. The first kappa shape index (κ1) is 21.9. The molecule has 0 bridgehead atoms. The lowest BCUT2D eigenvalue weighted by Crippen LogP contribution is -2.15. The van der Waals surface area contributed by atoms with E-state index in [0.29, 0.717) is 42.1 Å². The summed E-state index contributed by atoms with van der Waals surface area (Å²) in [7, 11) is 0. The molecule has 4 aromatic rings. The quantitative estimate of drug-likeness (QED) is 0.223. The number of fused-ring (bicyclic) bond motifs is 2. The molecule has 2 fully saturated rings. The average Bonchev–Trinajstić information content (AvgIpc) is 3.58. The van der Waals surface area contributed by atoms with Gasteiger partial charge in [-0.2, -0.15) is 19.9 Å². The van der Waals surface area contributed by atoms with Crippen LogP contribution in [0.3, 0.4) is 0 Å². The van der Waals surface area contributed by atoms with Crippen molar-refractivity contribution in [2.24, 2.45) is 0 Å². The van der Waals surface area contributed by atoms with Crippen molar-refractivity contribution in [1.82, 2.24) is 39.0 Å². The zero-order chi connectivity index (χ0) is 23.8. The van der Waals surface area contributed by atoms with Gasteiger partial charge in [-0.25, -0.2) is 9.97 Å². The van der Waals surface area contributed by atoms with Crippen LogP contribution in [0.5, 0.6) is 0 Å². The van der Waals surface area contributed by atoms with E-state index in [4.69, 9.17) is 47.0 Å². The van der Waals surface area contributed by atoms with Gasteiger partial charge in [-0.05, 0) is 0 Å². The van der Waals surface area contributed by atoms with E-state index in [0.717, 1.165) is 0 Å². The summed E-state index contributed by atoms with van der Waals surface area (Å²) in [6, 6.07) is 0. The molecule has 17 heteroatoms. The lowest BCUT2D eigenvalue weighted by atomic mass is 10.5. The van der Waals surface area contributed by atoms with Crippen molar-refractivity contribution in [3.8, 4) is 0 Å². The van der Waals surface area contributed by atoms with E-state index in [9.17, 15) is 0 Å². The SMILES string of the molecule is Nc1nc(N)c2ncn(C3OCCO3)c2n1.Nc1nc(N)c2ncn([C@H]3CO[C@@H](CO)O3)c2n1. The van der Waals surface area contributed by atoms with Crippen LogP contribution in [0.4, 0.5) is 23.5 Å². The van der Waals surface area contributed by atoms with Crippen molar-refractivity contribution >= 4 is 45.9 Å². The van der Waals surface area contributed by atoms with Crippen LogP contribution in [0, 0.1) is 0 Å². The van der Waals surface area contributed by atoms with E-state index < -0.39 is 18.9 Å². The molecule has 2 atom stereocenters. The number of nitrogen functional groups attached to an aromatic ring is 4. The van der Waals surface area contributed by atoms with Crippen molar-refractivity contribution in [2.45, 2.75) is 18.9 Å². The molecule has 180 valence electrons. The van der Waals surface area contributed by atoms with E-state index >= 15 is 0 Å². The molecule has 34 heavy (non-hydrogen) atoms. The van der Waals surface area contributed by atoms with Crippen LogP contribution < -0.4 is 22.9 Å². The molecule has 0 aromatic carbocycles. The smallest absolute Gasteiger partial charge is 0.246 e. The highest BCUT2D eigenvalue weighted by molar-refractivity contribution is 5.83. The number of anilines is 4. The van der Waals surface area contributed by atoms with Gasteiger partial charge in [0.25, 0.3) is 0 Å². The van der Waals surface area contributed by atoms with E-state index in [1.165, 1.54) is 6.33 Å². The zero-order valence-electron chi connectivity index (χ0n) is 17.7. The summed E-state index contributed by atoms with van der Waals surface area (Å²) >= 11 is 0. The predicted octanol–water partition coefficient (Wildman–Crippen LogP) is -1.65. The summed E-state index contributed by atoms with van der Waals surface area (Å²) in [6.45, 7) is 1.17. The lowest BCUT2D eigenvalue weighted by Gasteiger charge is -2.11. The first-order valence-corrected chi connectivity index (χ1v) is 10.1. The van der Waals surface area contributed by atoms with Gasteiger partial charge in [-0.1, -0.05) is 0 Å². The van der Waals surface area contributed by atoms with Crippen molar-refractivity contribution in [3.63, 3.8) is 0 Å². The minimum absolute atomic E-state index is 0.0689. The Balaban J connectivity index is 0.000000142. The largest absolute Gasteiger partial charge is 0.391 e. The van der Waals surface area contributed by atoms with Gasteiger partial charge in [-0.3, -0.25) is 9.13 Å². The first-order chi connectivity index (χ1) is 16.4. The van der Waals surface area contributed by atoms with Gasteiger partial charge in [0, 0.05) is 0 Å². The van der Waals surface area contributed by atoms with Crippen LogP contribution in [0.15, 0.2) is 12.7 Å². The average molecular weight is 474 g/mol.